The monoisotopic (exact) mass is 426 g/mol. The van der Waals surface area contributed by atoms with E-state index in [2.05, 4.69) is 10.0 Å². The topological polar surface area (TPSA) is 75.3 Å². The lowest BCUT2D eigenvalue weighted by molar-refractivity contribution is -0.117. The molecule has 0 radical (unpaired) electrons. The summed E-state index contributed by atoms with van der Waals surface area (Å²) in [5.41, 5.74) is 3.35. The summed E-state index contributed by atoms with van der Waals surface area (Å²) in [5, 5.41) is 2.83. The first-order valence-electron chi connectivity index (χ1n) is 9.45. The minimum absolute atomic E-state index is 0.110. The second-order valence-corrected chi connectivity index (χ2v) is 8.77. The van der Waals surface area contributed by atoms with E-state index in [0.29, 0.717) is 5.69 Å². The molecule has 0 bridgehead atoms. The average Bonchev–Trinajstić information content (AvgIpc) is 2.72. The van der Waals surface area contributed by atoms with Gasteiger partial charge in [0.2, 0.25) is 15.9 Å². The summed E-state index contributed by atoms with van der Waals surface area (Å²) in [6.45, 7) is 3.82. The molecule has 7 heteroatoms. The van der Waals surface area contributed by atoms with Crippen LogP contribution in [-0.4, -0.2) is 20.4 Å². The van der Waals surface area contributed by atoms with Crippen LogP contribution in [0.15, 0.2) is 77.7 Å². The van der Waals surface area contributed by atoms with E-state index in [1.165, 1.54) is 12.1 Å². The first-order valence-corrected chi connectivity index (χ1v) is 10.9. The highest BCUT2D eigenvalue weighted by Gasteiger charge is 2.26. The summed E-state index contributed by atoms with van der Waals surface area (Å²) >= 11 is 0. The number of sulfonamides is 1. The Bertz CT molecular complexity index is 1130. The Morgan fingerprint density at radius 2 is 1.60 bits per heavy atom. The smallest absolute Gasteiger partial charge is 0.242 e. The maximum Gasteiger partial charge on any atom is 0.242 e. The van der Waals surface area contributed by atoms with Crippen LogP contribution in [0.25, 0.3) is 0 Å². The van der Waals surface area contributed by atoms with Crippen LogP contribution in [0, 0.1) is 19.7 Å². The Morgan fingerprint density at radius 1 is 0.933 bits per heavy atom. The maximum atomic E-state index is 13.2. The number of anilines is 1. The lowest BCUT2D eigenvalue weighted by Crippen LogP contribution is -2.45. The van der Waals surface area contributed by atoms with E-state index < -0.39 is 27.8 Å². The minimum Gasteiger partial charge on any atom is -0.324 e. The second kappa shape index (κ2) is 9.19. The highest BCUT2D eigenvalue weighted by molar-refractivity contribution is 7.89. The van der Waals surface area contributed by atoms with E-state index in [-0.39, 0.29) is 11.3 Å². The summed E-state index contributed by atoms with van der Waals surface area (Å²) in [7, 11) is -4.03. The van der Waals surface area contributed by atoms with Gasteiger partial charge in [0, 0.05) is 5.69 Å². The fraction of sp³-hybridized carbons (Fsp3) is 0.174. The Kier molecular flexibility index (Phi) is 6.64. The molecule has 0 aromatic heterocycles. The molecule has 156 valence electrons. The molecular formula is C23H23FN2O3S. The Labute approximate surface area is 176 Å². The van der Waals surface area contributed by atoms with E-state index in [0.717, 1.165) is 28.8 Å². The normalized spacial score (nSPS) is 12.4. The number of carbonyl (C=O) groups is 1. The van der Waals surface area contributed by atoms with Crippen LogP contribution in [0.2, 0.25) is 0 Å². The molecule has 0 saturated carbocycles. The van der Waals surface area contributed by atoms with Gasteiger partial charge in [-0.1, -0.05) is 42.5 Å². The Balaban J connectivity index is 1.88. The van der Waals surface area contributed by atoms with Gasteiger partial charge in [-0.05, 0) is 67.3 Å². The highest BCUT2D eigenvalue weighted by Crippen LogP contribution is 2.19. The second-order valence-electron chi connectivity index (χ2n) is 7.05. The average molecular weight is 427 g/mol. The maximum absolute atomic E-state index is 13.2. The number of rotatable bonds is 7. The first-order chi connectivity index (χ1) is 14.3. The van der Waals surface area contributed by atoms with Crippen molar-refractivity contribution in [2.45, 2.75) is 31.2 Å². The third-order valence-corrected chi connectivity index (χ3v) is 6.37. The lowest BCUT2D eigenvalue weighted by Gasteiger charge is -2.20. The lowest BCUT2D eigenvalue weighted by atomic mass is 10.0. The third-order valence-electron chi connectivity index (χ3n) is 4.88. The van der Waals surface area contributed by atoms with Crippen LogP contribution in [0.1, 0.15) is 16.7 Å². The number of hydrogen-bond acceptors (Lipinski definition) is 3. The third kappa shape index (κ3) is 5.31. The number of carbonyl (C=O) groups excluding carboxylic acids is 1. The molecule has 0 unspecified atom stereocenters. The molecule has 0 aliphatic carbocycles. The molecule has 0 saturated heterocycles. The molecule has 1 amide bonds. The van der Waals surface area contributed by atoms with Crippen molar-refractivity contribution in [3.05, 3.63) is 95.3 Å². The Hall–Kier alpha value is -3.03. The van der Waals surface area contributed by atoms with Gasteiger partial charge in [-0.2, -0.15) is 4.72 Å². The van der Waals surface area contributed by atoms with Gasteiger partial charge in [-0.3, -0.25) is 4.79 Å². The first kappa shape index (κ1) is 21.7. The molecule has 0 heterocycles. The van der Waals surface area contributed by atoms with Gasteiger partial charge in [0.1, 0.15) is 11.9 Å². The summed E-state index contributed by atoms with van der Waals surface area (Å²) in [6, 6.07) is 18.1. The number of nitrogens with one attached hydrogen (secondary N) is 2. The van der Waals surface area contributed by atoms with E-state index in [4.69, 9.17) is 0 Å². The van der Waals surface area contributed by atoms with Gasteiger partial charge in [-0.15, -0.1) is 0 Å². The molecule has 3 aromatic rings. The summed E-state index contributed by atoms with van der Waals surface area (Å²) in [4.78, 5) is 12.9. The summed E-state index contributed by atoms with van der Waals surface area (Å²) in [5.74, 6) is -1.01. The molecule has 30 heavy (non-hydrogen) atoms. The molecule has 2 N–H and O–H groups in total. The summed E-state index contributed by atoms with van der Waals surface area (Å²) in [6.07, 6.45) is 0.165. The van der Waals surface area contributed by atoms with Crippen LogP contribution >= 0.6 is 0 Å². The molecule has 0 spiro atoms. The van der Waals surface area contributed by atoms with Crippen molar-refractivity contribution in [1.82, 2.24) is 4.72 Å². The molecule has 5 nitrogen and oxygen atoms in total. The zero-order chi connectivity index (χ0) is 21.7. The van der Waals surface area contributed by atoms with Crippen molar-refractivity contribution in [2.75, 3.05) is 5.32 Å². The van der Waals surface area contributed by atoms with E-state index >= 15 is 0 Å². The van der Waals surface area contributed by atoms with Crippen molar-refractivity contribution in [2.24, 2.45) is 0 Å². The fourth-order valence-electron chi connectivity index (χ4n) is 3.01. The van der Waals surface area contributed by atoms with Crippen LogP contribution in [0.4, 0.5) is 10.1 Å². The molecule has 1 atom stereocenters. The zero-order valence-corrected chi connectivity index (χ0v) is 17.5. The molecule has 0 fully saturated rings. The number of hydrogen-bond donors (Lipinski definition) is 2. The quantitative estimate of drug-likeness (QED) is 0.600. The molecular weight excluding hydrogens is 403 g/mol. The van der Waals surface area contributed by atoms with Crippen LogP contribution in [0.3, 0.4) is 0 Å². The molecule has 0 aliphatic rings. The fourth-order valence-corrected chi connectivity index (χ4v) is 4.21. The standard InChI is InChI=1S/C23H23FN2O3S/c1-16-7-6-10-21(17(16)2)25-23(27)22(15-18-8-4-3-5-9-18)26-30(28,29)20-13-11-19(24)12-14-20/h3-14,22,26H,15H2,1-2H3,(H,25,27)/t22-/m1/s1. The van der Waals surface area contributed by atoms with Gasteiger partial charge in [0.05, 0.1) is 4.90 Å². The largest absolute Gasteiger partial charge is 0.324 e. The zero-order valence-electron chi connectivity index (χ0n) is 16.7. The van der Waals surface area contributed by atoms with Crippen LogP contribution in [-0.2, 0) is 21.2 Å². The predicted octanol–water partition coefficient (Wildman–Crippen LogP) is 3.97. The number of benzene rings is 3. The van der Waals surface area contributed by atoms with Crippen molar-refractivity contribution in [3.8, 4) is 0 Å². The van der Waals surface area contributed by atoms with Gasteiger partial charge < -0.3 is 5.32 Å². The van der Waals surface area contributed by atoms with Gasteiger partial charge in [0.25, 0.3) is 0 Å². The van der Waals surface area contributed by atoms with Crippen molar-refractivity contribution < 1.29 is 17.6 Å². The number of aryl methyl sites for hydroxylation is 1. The van der Waals surface area contributed by atoms with E-state index in [1.807, 2.05) is 56.3 Å². The number of halogens is 1. The van der Waals surface area contributed by atoms with Gasteiger partial charge in [-0.25, -0.2) is 12.8 Å². The van der Waals surface area contributed by atoms with E-state index in [9.17, 15) is 17.6 Å². The Morgan fingerprint density at radius 3 is 2.27 bits per heavy atom. The van der Waals surface area contributed by atoms with Gasteiger partial charge in [0.15, 0.2) is 0 Å². The molecule has 3 rings (SSSR count). The SMILES string of the molecule is Cc1cccc(NC(=O)[C@@H](Cc2ccccc2)NS(=O)(=O)c2ccc(F)cc2)c1C. The van der Waals surface area contributed by atoms with Crippen LogP contribution < -0.4 is 10.0 Å². The van der Waals surface area contributed by atoms with Crippen molar-refractivity contribution in [1.29, 1.82) is 0 Å². The van der Waals surface area contributed by atoms with Gasteiger partial charge >= 0.3 is 0 Å². The van der Waals surface area contributed by atoms with Crippen molar-refractivity contribution >= 4 is 21.6 Å². The molecule has 0 aliphatic heterocycles. The highest BCUT2D eigenvalue weighted by atomic mass is 32.2. The predicted molar refractivity (Wildman–Crippen MR) is 115 cm³/mol. The molecule has 3 aromatic carbocycles. The minimum atomic E-state index is -4.03. The van der Waals surface area contributed by atoms with Crippen molar-refractivity contribution in [3.63, 3.8) is 0 Å². The van der Waals surface area contributed by atoms with E-state index in [1.54, 1.807) is 6.07 Å². The number of amides is 1. The van der Waals surface area contributed by atoms with Crippen LogP contribution in [0.5, 0.6) is 0 Å². The summed E-state index contributed by atoms with van der Waals surface area (Å²) < 4.78 is 41.3.